The van der Waals surface area contributed by atoms with E-state index in [1.807, 2.05) is 0 Å². The normalized spacial score (nSPS) is 44.4. The van der Waals surface area contributed by atoms with Crippen molar-refractivity contribution in [3.05, 3.63) is 22.2 Å². The van der Waals surface area contributed by atoms with Gasteiger partial charge < -0.3 is 0 Å². The lowest BCUT2D eigenvalue weighted by Gasteiger charge is -2.57. The van der Waals surface area contributed by atoms with Gasteiger partial charge >= 0.3 is 0 Å². The van der Waals surface area contributed by atoms with Gasteiger partial charge in [-0.1, -0.05) is 0 Å². The number of carbonyl (C=O) groups is 2. The van der Waals surface area contributed by atoms with Crippen LogP contribution in [0.5, 0.6) is 0 Å². The molecular weight excluding hydrogens is 304 g/mol. The highest BCUT2D eigenvalue weighted by Crippen LogP contribution is 2.63. The predicted octanol–water partition coefficient (Wildman–Crippen LogP) is 3.56. The zero-order valence-corrected chi connectivity index (χ0v) is 12.4. The molecule has 5 aliphatic rings. The fourth-order valence-corrected chi connectivity index (χ4v) is 6.20. The summed E-state index contributed by atoms with van der Waals surface area (Å²) in [7, 11) is 0. The number of allylic oxidation sites excluding steroid dienone is 4. The second-order valence-corrected chi connectivity index (χ2v) is 7.74. The highest BCUT2D eigenvalue weighted by atomic mass is 79.9. The van der Waals surface area contributed by atoms with E-state index >= 15 is 0 Å². The van der Waals surface area contributed by atoms with Gasteiger partial charge in [0.15, 0.2) is 11.6 Å². The molecule has 0 aromatic rings. The summed E-state index contributed by atoms with van der Waals surface area (Å²) in [6.45, 7) is 0. The molecule has 5 rings (SSSR count). The van der Waals surface area contributed by atoms with Gasteiger partial charge in [-0.05, 0) is 84.4 Å². The summed E-state index contributed by atoms with van der Waals surface area (Å²) in [5, 5.41) is 0. The quantitative estimate of drug-likeness (QED) is 0.692. The van der Waals surface area contributed by atoms with Crippen molar-refractivity contribution in [2.45, 2.75) is 38.5 Å². The molecule has 5 aliphatic carbocycles. The van der Waals surface area contributed by atoms with Crippen LogP contribution in [-0.2, 0) is 9.59 Å². The Morgan fingerprint density at radius 2 is 1.37 bits per heavy atom. The summed E-state index contributed by atoms with van der Waals surface area (Å²) >= 11 is 3.41. The average Bonchev–Trinajstić information content (AvgIpc) is 2.32. The highest BCUT2D eigenvalue weighted by molar-refractivity contribution is 9.12. The molecule has 0 N–H and O–H groups in total. The first-order valence-corrected chi connectivity index (χ1v) is 8.04. The Balaban J connectivity index is 1.81. The molecule has 2 nitrogen and oxygen atoms in total. The van der Waals surface area contributed by atoms with Crippen molar-refractivity contribution in [3.63, 3.8) is 0 Å². The van der Waals surface area contributed by atoms with E-state index in [0.29, 0.717) is 4.48 Å². The average molecular weight is 321 g/mol. The van der Waals surface area contributed by atoms with Gasteiger partial charge in [-0.25, -0.2) is 0 Å². The van der Waals surface area contributed by atoms with Crippen LogP contribution in [0, 0.1) is 23.2 Å². The van der Waals surface area contributed by atoms with Gasteiger partial charge in [0.2, 0.25) is 0 Å². The van der Waals surface area contributed by atoms with Crippen LogP contribution in [0.4, 0.5) is 0 Å². The molecule has 0 saturated heterocycles. The van der Waals surface area contributed by atoms with E-state index in [0.717, 1.165) is 42.6 Å². The maximum Gasteiger partial charge on any atom is 0.193 e. The third-order valence-electron chi connectivity index (χ3n) is 5.64. The van der Waals surface area contributed by atoms with Gasteiger partial charge in [-0.15, -0.1) is 0 Å². The molecule has 100 valence electrons. The van der Waals surface area contributed by atoms with Gasteiger partial charge in [0.1, 0.15) is 0 Å². The molecule has 0 radical (unpaired) electrons. The SMILES string of the molecule is O=C1C=CC(=O)C(C23CC4CC(CC(C4)C2)C3)=C1Br. The van der Waals surface area contributed by atoms with Gasteiger partial charge in [-0.3, -0.25) is 9.59 Å². The minimum Gasteiger partial charge on any atom is -0.290 e. The minimum atomic E-state index is -0.0367. The van der Waals surface area contributed by atoms with E-state index < -0.39 is 0 Å². The molecule has 4 fully saturated rings. The number of ketones is 2. The van der Waals surface area contributed by atoms with Crippen LogP contribution >= 0.6 is 15.9 Å². The van der Waals surface area contributed by atoms with Crippen LogP contribution < -0.4 is 0 Å². The van der Waals surface area contributed by atoms with Gasteiger partial charge in [0, 0.05) is 11.0 Å². The van der Waals surface area contributed by atoms with Crippen LogP contribution in [-0.4, -0.2) is 11.6 Å². The zero-order chi connectivity index (χ0) is 13.2. The second kappa shape index (κ2) is 3.91. The molecule has 0 unspecified atom stereocenters. The Morgan fingerprint density at radius 1 is 0.895 bits per heavy atom. The van der Waals surface area contributed by atoms with E-state index in [1.165, 1.54) is 31.4 Å². The Kier molecular flexibility index (Phi) is 2.48. The first kappa shape index (κ1) is 12.1. The van der Waals surface area contributed by atoms with Crippen molar-refractivity contribution in [1.82, 2.24) is 0 Å². The predicted molar refractivity (Wildman–Crippen MR) is 75.7 cm³/mol. The van der Waals surface area contributed by atoms with E-state index in [9.17, 15) is 9.59 Å². The number of hydrogen-bond donors (Lipinski definition) is 0. The molecule has 4 bridgehead atoms. The molecule has 0 aromatic heterocycles. The standard InChI is InChI=1S/C16H17BrO2/c17-15-13(19)2-1-12(18)14(15)16-6-9-3-10(7-16)5-11(4-9)8-16/h1-2,9-11H,3-8H2. The molecule has 19 heavy (non-hydrogen) atoms. The number of halogens is 1. The van der Waals surface area contributed by atoms with Crippen LogP contribution in [0.2, 0.25) is 0 Å². The Bertz CT molecular complexity index is 506. The number of hydrogen-bond acceptors (Lipinski definition) is 2. The minimum absolute atomic E-state index is 0.00505. The summed E-state index contributed by atoms with van der Waals surface area (Å²) in [4.78, 5) is 24.2. The van der Waals surface area contributed by atoms with Crippen LogP contribution in [0.25, 0.3) is 0 Å². The first-order chi connectivity index (χ1) is 9.07. The molecule has 0 spiro atoms. The summed E-state index contributed by atoms with van der Waals surface area (Å²) in [6.07, 6.45) is 10.3. The first-order valence-electron chi connectivity index (χ1n) is 7.24. The van der Waals surface area contributed by atoms with Crippen molar-refractivity contribution < 1.29 is 9.59 Å². The molecule has 0 atom stereocenters. The zero-order valence-electron chi connectivity index (χ0n) is 10.8. The largest absolute Gasteiger partial charge is 0.290 e. The van der Waals surface area contributed by atoms with Crippen LogP contribution in [0.3, 0.4) is 0 Å². The highest BCUT2D eigenvalue weighted by Gasteiger charge is 2.54. The third kappa shape index (κ3) is 1.67. The monoisotopic (exact) mass is 320 g/mol. The van der Waals surface area contributed by atoms with E-state index in [4.69, 9.17) is 0 Å². The van der Waals surface area contributed by atoms with Crippen molar-refractivity contribution in [1.29, 1.82) is 0 Å². The summed E-state index contributed by atoms with van der Waals surface area (Å²) < 4.78 is 0.543. The van der Waals surface area contributed by atoms with Gasteiger partial charge in [0.25, 0.3) is 0 Å². The molecule has 0 aromatic carbocycles. The Hall–Kier alpha value is -0.700. The van der Waals surface area contributed by atoms with Crippen LogP contribution in [0.1, 0.15) is 38.5 Å². The summed E-state index contributed by atoms with van der Waals surface area (Å²) in [6, 6.07) is 0. The molecule has 0 aliphatic heterocycles. The number of carbonyl (C=O) groups excluding carboxylic acids is 2. The van der Waals surface area contributed by atoms with Crippen molar-refractivity contribution >= 4 is 27.5 Å². The molecule has 3 heteroatoms. The second-order valence-electron chi connectivity index (χ2n) is 6.95. The fraction of sp³-hybridized carbons (Fsp3) is 0.625. The topological polar surface area (TPSA) is 34.1 Å². The van der Waals surface area contributed by atoms with Gasteiger partial charge in [-0.2, -0.15) is 0 Å². The van der Waals surface area contributed by atoms with E-state index in [1.54, 1.807) is 0 Å². The van der Waals surface area contributed by atoms with Gasteiger partial charge in [0.05, 0.1) is 4.48 Å². The van der Waals surface area contributed by atoms with E-state index in [2.05, 4.69) is 15.9 Å². The molecule has 4 saturated carbocycles. The Labute approximate surface area is 121 Å². The van der Waals surface area contributed by atoms with E-state index in [-0.39, 0.29) is 17.0 Å². The Morgan fingerprint density at radius 3 is 1.89 bits per heavy atom. The van der Waals surface area contributed by atoms with Crippen LogP contribution in [0.15, 0.2) is 22.2 Å². The third-order valence-corrected chi connectivity index (χ3v) is 6.42. The molecular formula is C16H17BrO2. The molecule has 0 heterocycles. The van der Waals surface area contributed by atoms with Crippen molar-refractivity contribution in [3.8, 4) is 0 Å². The number of rotatable bonds is 1. The lowest BCUT2D eigenvalue weighted by Crippen LogP contribution is -2.48. The lowest BCUT2D eigenvalue weighted by molar-refractivity contribution is -0.117. The molecule has 0 amide bonds. The smallest absolute Gasteiger partial charge is 0.193 e. The van der Waals surface area contributed by atoms with Crippen molar-refractivity contribution in [2.75, 3.05) is 0 Å². The summed E-state index contributed by atoms with van der Waals surface area (Å²) in [5.74, 6) is 2.38. The fourth-order valence-electron chi connectivity index (χ4n) is 5.45. The maximum absolute atomic E-state index is 12.3. The van der Waals surface area contributed by atoms with Crippen molar-refractivity contribution in [2.24, 2.45) is 23.2 Å². The lowest BCUT2D eigenvalue weighted by atomic mass is 9.47. The maximum atomic E-state index is 12.3. The summed E-state index contributed by atoms with van der Waals surface area (Å²) in [5.41, 5.74) is 0.810.